The Bertz CT molecular complexity index is 1350. The Labute approximate surface area is 192 Å². The van der Waals surface area contributed by atoms with Crippen molar-refractivity contribution in [3.05, 3.63) is 36.9 Å². The first kappa shape index (κ1) is 19.9. The van der Waals surface area contributed by atoms with Crippen LogP contribution < -0.4 is 20.5 Å². The number of aromatic nitrogens is 4. The van der Waals surface area contributed by atoms with Crippen LogP contribution in [0.2, 0.25) is 0 Å². The van der Waals surface area contributed by atoms with E-state index in [0.29, 0.717) is 58.4 Å². The number of nitrogen functional groups attached to an aromatic ring is 1. The molecule has 1 aliphatic carbocycles. The van der Waals surface area contributed by atoms with Crippen LogP contribution >= 0.6 is 11.8 Å². The monoisotopic (exact) mass is 464 g/mol. The number of benzene rings is 1. The number of ether oxygens (including phenoxy) is 2. The van der Waals surface area contributed by atoms with Gasteiger partial charge < -0.3 is 29.5 Å². The van der Waals surface area contributed by atoms with Crippen molar-refractivity contribution in [3.63, 3.8) is 0 Å². The van der Waals surface area contributed by atoms with E-state index in [1.807, 2.05) is 28.8 Å². The minimum absolute atomic E-state index is 0.0108. The fraction of sp³-hybridized carbons (Fsp3) is 0.273. The Kier molecular flexibility index (Phi) is 4.83. The molecule has 2 aliphatic rings. The molecule has 1 aliphatic heterocycles. The molecule has 1 saturated carbocycles. The lowest BCUT2D eigenvalue weighted by Gasteiger charge is -2.11. The molecule has 1 aromatic carbocycles. The molecule has 11 heteroatoms. The number of anilines is 1. The number of carbonyl (C=O) groups excluding carboxylic acids is 1. The van der Waals surface area contributed by atoms with Crippen molar-refractivity contribution in [1.82, 2.24) is 24.8 Å². The van der Waals surface area contributed by atoms with Crippen LogP contribution in [-0.4, -0.2) is 38.3 Å². The number of nitrogens with one attached hydrogen (secondary N) is 1. The van der Waals surface area contributed by atoms with Gasteiger partial charge in [-0.1, -0.05) is 11.8 Å². The Morgan fingerprint density at radius 3 is 2.88 bits per heavy atom. The summed E-state index contributed by atoms with van der Waals surface area (Å²) in [5.74, 6) is 2.31. The van der Waals surface area contributed by atoms with Gasteiger partial charge >= 0.3 is 0 Å². The molecule has 3 aromatic heterocycles. The molecule has 33 heavy (non-hydrogen) atoms. The Hall–Kier alpha value is -3.73. The largest absolute Gasteiger partial charge is 0.464 e. The number of nitrogens with two attached hydrogens (primary N) is 1. The van der Waals surface area contributed by atoms with Gasteiger partial charge in [-0.05, 0) is 37.1 Å². The topological polar surface area (TPSA) is 130 Å². The van der Waals surface area contributed by atoms with Gasteiger partial charge in [0.2, 0.25) is 12.7 Å². The number of hydrogen-bond acceptors (Lipinski definition) is 9. The van der Waals surface area contributed by atoms with Crippen molar-refractivity contribution in [3.8, 4) is 22.8 Å². The zero-order chi connectivity index (χ0) is 22.4. The average molecular weight is 465 g/mol. The molecule has 4 heterocycles. The van der Waals surface area contributed by atoms with Gasteiger partial charge in [0.25, 0.3) is 0 Å². The van der Waals surface area contributed by atoms with Gasteiger partial charge in [-0.25, -0.2) is 15.0 Å². The van der Waals surface area contributed by atoms with Gasteiger partial charge in [-0.2, -0.15) is 0 Å². The van der Waals surface area contributed by atoms with E-state index in [4.69, 9.17) is 24.6 Å². The van der Waals surface area contributed by atoms with Gasteiger partial charge in [-0.3, -0.25) is 4.79 Å². The van der Waals surface area contributed by atoms with Crippen molar-refractivity contribution >= 4 is 34.7 Å². The molecular weight excluding hydrogens is 444 g/mol. The smallest absolute Gasteiger partial charge is 0.231 e. The molecule has 6 rings (SSSR count). The Morgan fingerprint density at radius 1 is 1.24 bits per heavy atom. The third kappa shape index (κ3) is 3.84. The van der Waals surface area contributed by atoms with Gasteiger partial charge in [0, 0.05) is 29.5 Å². The molecule has 0 radical (unpaired) electrons. The molecule has 3 N–H and O–H groups in total. The summed E-state index contributed by atoms with van der Waals surface area (Å²) in [5, 5.41) is 3.66. The molecule has 0 unspecified atom stereocenters. The highest BCUT2D eigenvalue weighted by Gasteiger charge is 2.25. The normalized spacial score (nSPS) is 14.7. The molecule has 1 amide bonds. The Balaban J connectivity index is 1.39. The summed E-state index contributed by atoms with van der Waals surface area (Å²) in [6.07, 6.45) is 5.43. The van der Waals surface area contributed by atoms with Crippen LogP contribution in [-0.2, 0) is 11.3 Å². The van der Waals surface area contributed by atoms with Gasteiger partial charge in [0.05, 0.1) is 6.26 Å². The van der Waals surface area contributed by atoms with Crippen LogP contribution in [0.15, 0.2) is 51.3 Å². The first-order chi connectivity index (χ1) is 16.2. The van der Waals surface area contributed by atoms with Gasteiger partial charge in [0.15, 0.2) is 33.6 Å². The number of amides is 1. The molecular formula is C22H20N6O4S. The quantitative estimate of drug-likeness (QED) is 0.423. The number of aryl methyl sites for hydroxylation is 1. The summed E-state index contributed by atoms with van der Waals surface area (Å²) >= 11 is 1.42. The zero-order valence-electron chi connectivity index (χ0n) is 17.5. The first-order valence-electron chi connectivity index (χ1n) is 10.6. The second-order valence-electron chi connectivity index (χ2n) is 7.85. The molecule has 0 atom stereocenters. The summed E-state index contributed by atoms with van der Waals surface area (Å²) in [6.45, 7) is 0.580. The Morgan fingerprint density at radius 2 is 2.09 bits per heavy atom. The summed E-state index contributed by atoms with van der Waals surface area (Å²) in [6, 6.07) is 7.83. The number of hydrogen-bond donors (Lipinski definition) is 2. The van der Waals surface area contributed by atoms with E-state index in [2.05, 4.69) is 15.3 Å². The minimum atomic E-state index is 0.0108. The average Bonchev–Trinajstić information content (AvgIpc) is 3.20. The number of nitrogens with zero attached hydrogens (tertiary/aromatic N) is 4. The lowest BCUT2D eigenvalue weighted by Crippen LogP contribution is -2.26. The number of carbonyl (C=O) groups is 1. The molecule has 0 saturated heterocycles. The van der Waals surface area contributed by atoms with E-state index in [1.165, 1.54) is 18.1 Å². The van der Waals surface area contributed by atoms with Gasteiger partial charge in [0.1, 0.15) is 12.1 Å². The number of imidazole rings is 1. The first-order valence-corrected chi connectivity index (χ1v) is 11.4. The van der Waals surface area contributed by atoms with Crippen LogP contribution in [0.5, 0.6) is 11.5 Å². The van der Waals surface area contributed by atoms with Gasteiger partial charge in [-0.15, -0.1) is 0 Å². The molecule has 0 spiro atoms. The van der Waals surface area contributed by atoms with E-state index >= 15 is 0 Å². The fourth-order valence-corrected chi connectivity index (χ4v) is 4.74. The maximum Gasteiger partial charge on any atom is 0.231 e. The second kappa shape index (κ2) is 8.00. The highest BCUT2D eigenvalue weighted by molar-refractivity contribution is 7.99. The van der Waals surface area contributed by atoms with Crippen molar-refractivity contribution in [2.75, 3.05) is 12.5 Å². The van der Waals surface area contributed by atoms with Crippen molar-refractivity contribution in [2.45, 2.75) is 41.9 Å². The zero-order valence-corrected chi connectivity index (χ0v) is 18.3. The van der Waals surface area contributed by atoms with E-state index in [1.54, 1.807) is 6.26 Å². The summed E-state index contributed by atoms with van der Waals surface area (Å²) in [7, 11) is 0. The van der Waals surface area contributed by atoms with Crippen molar-refractivity contribution < 1.29 is 18.7 Å². The molecule has 10 nitrogen and oxygen atoms in total. The molecule has 168 valence electrons. The molecule has 4 aromatic rings. The van der Waals surface area contributed by atoms with E-state index < -0.39 is 0 Å². The highest BCUT2D eigenvalue weighted by Crippen LogP contribution is 2.45. The predicted molar refractivity (Wildman–Crippen MR) is 120 cm³/mol. The number of fused-ring (bicyclic) bond motifs is 2. The summed E-state index contributed by atoms with van der Waals surface area (Å²) in [5.41, 5.74) is 8.01. The van der Waals surface area contributed by atoms with Crippen molar-refractivity contribution in [1.29, 1.82) is 0 Å². The standard InChI is InChI=1S/C22H20N6O4S/c23-20-19-21(25-10-24-20)28(6-5-18(29)26-12-3-4-12)22(27-19)33-17-9-16-15(31-11-32-16)8-13(17)14-2-1-7-30-14/h1-2,7-10,12H,3-6,11H2,(H,26,29)(H2,23,24,25). The van der Waals surface area contributed by atoms with Crippen molar-refractivity contribution in [2.24, 2.45) is 0 Å². The summed E-state index contributed by atoms with van der Waals surface area (Å²) < 4.78 is 18.7. The third-order valence-electron chi connectivity index (χ3n) is 5.49. The molecule has 1 fully saturated rings. The van der Waals surface area contributed by atoms with Crippen LogP contribution in [0.25, 0.3) is 22.5 Å². The van der Waals surface area contributed by atoms with Crippen LogP contribution in [0.4, 0.5) is 5.82 Å². The van der Waals surface area contributed by atoms with E-state index in [-0.39, 0.29) is 12.7 Å². The third-order valence-corrected chi connectivity index (χ3v) is 6.54. The van der Waals surface area contributed by atoms with E-state index in [9.17, 15) is 4.79 Å². The number of rotatable bonds is 7. The lowest BCUT2D eigenvalue weighted by atomic mass is 10.1. The minimum Gasteiger partial charge on any atom is -0.464 e. The predicted octanol–water partition coefficient (Wildman–Crippen LogP) is 3.22. The van der Waals surface area contributed by atoms with E-state index in [0.717, 1.165) is 23.3 Å². The summed E-state index contributed by atoms with van der Waals surface area (Å²) in [4.78, 5) is 26.4. The lowest BCUT2D eigenvalue weighted by molar-refractivity contribution is -0.121. The van der Waals surface area contributed by atoms with Crippen LogP contribution in [0, 0.1) is 0 Å². The molecule has 0 bridgehead atoms. The second-order valence-corrected chi connectivity index (χ2v) is 8.86. The SMILES string of the molecule is Nc1ncnc2c1nc(Sc1cc3c(cc1-c1ccco1)OCO3)n2CCC(=O)NC1CC1. The maximum absolute atomic E-state index is 12.3. The number of furan rings is 1. The fourth-order valence-electron chi connectivity index (χ4n) is 3.68. The van der Waals surface area contributed by atoms with Crippen LogP contribution in [0.3, 0.4) is 0 Å². The maximum atomic E-state index is 12.3. The van der Waals surface area contributed by atoms with Crippen LogP contribution in [0.1, 0.15) is 19.3 Å². The highest BCUT2D eigenvalue weighted by atomic mass is 32.2.